The molecule has 0 saturated carbocycles. The van der Waals surface area contributed by atoms with Crippen LogP contribution < -0.4 is 4.90 Å². The number of aromatic nitrogens is 2. The zero-order valence-corrected chi connectivity index (χ0v) is 21.5. The number of hydrogen-bond acceptors (Lipinski definition) is 6. The Labute approximate surface area is 204 Å². The Hall–Kier alpha value is -1.94. The Balaban J connectivity index is 1.83. The second kappa shape index (κ2) is 9.02. The Morgan fingerprint density at radius 3 is 2.70 bits per heavy atom. The summed E-state index contributed by atoms with van der Waals surface area (Å²) in [5, 5.41) is 0.693. The quantitative estimate of drug-likeness (QED) is 0.207. The van der Waals surface area contributed by atoms with E-state index in [1.165, 1.54) is 11.8 Å². The molecule has 2 saturated heterocycles. The lowest BCUT2D eigenvalue weighted by Gasteiger charge is -2.47. The number of rotatable bonds is 4. The highest BCUT2D eigenvalue weighted by Crippen LogP contribution is 2.43. The number of carbonyl (C=O) groups is 1. The molecule has 2 aliphatic rings. The fraction of sp³-hybridized carbons (Fsp3) is 0.522. The van der Waals surface area contributed by atoms with Crippen molar-refractivity contribution < 1.29 is 18.3 Å². The molecule has 3 heterocycles. The van der Waals surface area contributed by atoms with E-state index in [9.17, 15) is 13.6 Å². The first-order valence-electron chi connectivity index (χ1n) is 10.8. The number of nitrogens with zero attached hydrogens (tertiary/aromatic N) is 4. The molecule has 2 fully saturated rings. The lowest BCUT2D eigenvalue weighted by Crippen LogP contribution is -2.62. The molecule has 4 rings (SSSR count). The third-order valence-corrected chi connectivity index (χ3v) is 7.37. The summed E-state index contributed by atoms with van der Waals surface area (Å²) >= 11 is 4.59. The first-order chi connectivity index (χ1) is 15.6. The largest absolute Gasteiger partial charge is 0.444 e. The number of amides is 1. The van der Waals surface area contributed by atoms with Crippen LogP contribution in [0.25, 0.3) is 10.9 Å². The monoisotopic (exact) mass is 540 g/mol. The van der Waals surface area contributed by atoms with Gasteiger partial charge in [0, 0.05) is 12.6 Å². The molecule has 0 radical (unpaired) electrons. The van der Waals surface area contributed by atoms with Gasteiger partial charge in [-0.15, -0.1) is 6.58 Å². The number of benzene rings is 1. The van der Waals surface area contributed by atoms with Gasteiger partial charge in [-0.05, 0) is 62.2 Å². The van der Waals surface area contributed by atoms with Gasteiger partial charge < -0.3 is 9.64 Å². The van der Waals surface area contributed by atoms with Crippen LogP contribution >= 0.6 is 27.7 Å². The number of halogens is 3. The van der Waals surface area contributed by atoms with Crippen molar-refractivity contribution in [3.63, 3.8) is 0 Å². The van der Waals surface area contributed by atoms with Crippen LogP contribution in [-0.2, 0) is 4.74 Å². The zero-order valence-electron chi connectivity index (χ0n) is 19.1. The maximum atomic E-state index is 14.8. The van der Waals surface area contributed by atoms with Crippen molar-refractivity contribution in [2.75, 3.05) is 17.7 Å². The summed E-state index contributed by atoms with van der Waals surface area (Å²) in [6.07, 6.45) is 5.48. The fourth-order valence-electron chi connectivity index (χ4n) is 4.80. The third kappa shape index (κ3) is 4.43. The average Bonchev–Trinajstić information content (AvgIpc) is 3.07. The van der Waals surface area contributed by atoms with E-state index >= 15 is 0 Å². The van der Waals surface area contributed by atoms with Crippen LogP contribution in [0, 0.1) is 11.6 Å². The highest BCUT2D eigenvalue weighted by atomic mass is 79.9. The molecule has 6 nitrogen and oxygen atoms in total. The highest BCUT2D eigenvalue weighted by molar-refractivity contribution is 9.10. The fourth-order valence-corrected chi connectivity index (χ4v) is 5.64. The highest BCUT2D eigenvalue weighted by Gasteiger charge is 2.50. The summed E-state index contributed by atoms with van der Waals surface area (Å²) in [6, 6.07) is 0.445. The van der Waals surface area contributed by atoms with Gasteiger partial charge in [0.05, 0.1) is 28.0 Å². The van der Waals surface area contributed by atoms with E-state index in [4.69, 9.17) is 9.72 Å². The summed E-state index contributed by atoms with van der Waals surface area (Å²) in [5.41, 5.74) is -0.533. The van der Waals surface area contributed by atoms with E-state index in [1.807, 2.05) is 31.9 Å². The maximum Gasteiger partial charge on any atom is 0.410 e. The van der Waals surface area contributed by atoms with Crippen molar-refractivity contribution >= 4 is 50.5 Å². The molecule has 2 bridgehead atoms. The molecule has 0 aliphatic carbocycles. The van der Waals surface area contributed by atoms with Crippen LogP contribution in [0.3, 0.4) is 0 Å². The molecule has 2 aromatic rings. The minimum Gasteiger partial charge on any atom is -0.444 e. The smallest absolute Gasteiger partial charge is 0.410 e. The number of fused-ring (bicyclic) bond motifs is 3. The Kier molecular flexibility index (Phi) is 6.61. The molecule has 178 valence electrons. The van der Waals surface area contributed by atoms with Crippen LogP contribution in [-0.4, -0.2) is 57.5 Å². The van der Waals surface area contributed by atoms with Gasteiger partial charge in [-0.3, -0.25) is 4.90 Å². The van der Waals surface area contributed by atoms with Crippen LogP contribution in [0.4, 0.5) is 19.4 Å². The van der Waals surface area contributed by atoms with Crippen LogP contribution in [0.5, 0.6) is 0 Å². The molecule has 33 heavy (non-hydrogen) atoms. The summed E-state index contributed by atoms with van der Waals surface area (Å²) in [4.78, 5) is 26.0. The van der Waals surface area contributed by atoms with Gasteiger partial charge in [-0.1, -0.05) is 17.8 Å². The predicted octanol–water partition coefficient (Wildman–Crippen LogP) is 5.93. The van der Waals surface area contributed by atoms with Crippen molar-refractivity contribution in [3.8, 4) is 0 Å². The van der Waals surface area contributed by atoms with Crippen LogP contribution in [0.15, 0.2) is 28.4 Å². The Morgan fingerprint density at radius 1 is 1.33 bits per heavy atom. The van der Waals surface area contributed by atoms with Gasteiger partial charge in [0.25, 0.3) is 0 Å². The van der Waals surface area contributed by atoms with Crippen molar-refractivity contribution in [1.29, 1.82) is 0 Å². The number of ether oxygens (including phenoxy) is 1. The molecule has 1 amide bonds. The first kappa shape index (κ1) is 24.2. The second-order valence-corrected chi connectivity index (χ2v) is 10.9. The Morgan fingerprint density at radius 2 is 2.06 bits per heavy atom. The molecule has 3 atom stereocenters. The summed E-state index contributed by atoms with van der Waals surface area (Å²) in [7, 11) is 0. The van der Waals surface area contributed by atoms with Gasteiger partial charge in [0.1, 0.15) is 22.8 Å². The van der Waals surface area contributed by atoms with Gasteiger partial charge in [-0.25, -0.2) is 23.5 Å². The van der Waals surface area contributed by atoms with E-state index < -0.39 is 17.2 Å². The van der Waals surface area contributed by atoms with Crippen molar-refractivity contribution in [2.45, 2.75) is 68.9 Å². The SMILES string of the molecule is C=CC[C@@H]1[C@@H]2CC[C@H](CN1c1nc(SC)nc3c(F)cc(F)c(Br)c13)N2C(=O)OC(C)(C)C. The van der Waals surface area contributed by atoms with Crippen molar-refractivity contribution in [3.05, 3.63) is 34.8 Å². The van der Waals surface area contributed by atoms with E-state index in [0.29, 0.717) is 29.3 Å². The third-order valence-electron chi connectivity index (χ3n) is 6.04. The van der Waals surface area contributed by atoms with E-state index in [0.717, 1.165) is 18.9 Å². The topological polar surface area (TPSA) is 58.6 Å². The molecule has 10 heteroatoms. The van der Waals surface area contributed by atoms with Gasteiger partial charge in [-0.2, -0.15) is 0 Å². The molecular weight excluding hydrogens is 514 g/mol. The Bertz CT molecular complexity index is 1110. The van der Waals surface area contributed by atoms with Gasteiger partial charge in [0.2, 0.25) is 0 Å². The average molecular weight is 541 g/mol. The summed E-state index contributed by atoms with van der Waals surface area (Å²) < 4.78 is 35.1. The minimum absolute atomic E-state index is 0.0666. The zero-order chi connectivity index (χ0) is 24.1. The molecule has 0 unspecified atom stereocenters. The number of thioether (sulfide) groups is 1. The number of anilines is 1. The minimum atomic E-state index is -0.736. The van der Waals surface area contributed by atoms with Crippen molar-refractivity contribution in [1.82, 2.24) is 14.9 Å². The predicted molar refractivity (Wildman–Crippen MR) is 130 cm³/mol. The lowest BCUT2D eigenvalue weighted by molar-refractivity contribution is 0.00766. The van der Waals surface area contributed by atoms with Crippen LogP contribution in [0.2, 0.25) is 0 Å². The van der Waals surface area contributed by atoms with Crippen LogP contribution in [0.1, 0.15) is 40.0 Å². The van der Waals surface area contributed by atoms with Crippen molar-refractivity contribution in [2.24, 2.45) is 0 Å². The molecule has 2 aliphatic heterocycles. The molecule has 1 aromatic heterocycles. The second-order valence-electron chi connectivity index (χ2n) is 9.34. The first-order valence-corrected chi connectivity index (χ1v) is 12.9. The molecule has 0 N–H and O–H groups in total. The van der Waals surface area contributed by atoms with Gasteiger partial charge >= 0.3 is 6.09 Å². The van der Waals surface area contributed by atoms with E-state index in [2.05, 4.69) is 32.4 Å². The summed E-state index contributed by atoms with van der Waals surface area (Å²) in [5.74, 6) is -0.986. The standard InChI is InChI=1S/C23H27BrF2N4O2S/c1-6-7-15-16-9-8-12(30(16)22(31)32-23(2,3)4)11-29(15)20-17-18(24)13(25)10-14(26)19(17)27-21(28-20)33-5/h6,10,12,15-16H,1,7-9,11H2,2-5H3/t12-,15-,16+/m1/s1. The molecule has 0 spiro atoms. The summed E-state index contributed by atoms with van der Waals surface area (Å²) in [6.45, 7) is 9.93. The molecular formula is C23H27BrF2N4O2S. The number of carbonyl (C=O) groups excluding carboxylic acids is 1. The maximum absolute atomic E-state index is 14.8. The van der Waals surface area contributed by atoms with Gasteiger partial charge in [0.15, 0.2) is 11.0 Å². The number of hydrogen-bond donors (Lipinski definition) is 0. The van der Waals surface area contributed by atoms with E-state index in [-0.39, 0.29) is 34.2 Å². The molecule has 1 aromatic carbocycles. The number of piperazine rings is 1. The lowest BCUT2D eigenvalue weighted by atomic mass is 9.99. The van der Waals surface area contributed by atoms with E-state index in [1.54, 1.807) is 6.08 Å². The normalized spacial score (nSPS) is 22.7.